The van der Waals surface area contributed by atoms with Gasteiger partial charge in [0.2, 0.25) is 0 Å². The SMILES string of the molecule is CCNC(CS(=O)Cc1ccccc1C)C(C)CC. The fourth-order valence-corrected chi connectivity index (χ4v) is 3.81. The van der Waals surface area contributed by atoms with Crippen molar-refractivity contribution in [3.8, 4) is 0 Å². The summed E-state index contributed by atoms with van der Waals surface area (Å²) in [5.74, 6) is 1.99. The lowest BCUT2D eigenvalue weighted by atomic mass is 10.0. The maximum Gasteiger partial charge on any atom is 0.0488 e. The first-order chi connectivity index (χ1) is 9.08. The second-order valence-electron chi connectivity index (χ2n) is 5.23. The van der Waals surface area contributed by atoms with Crippen molar-refractivity contribution >= 4 is 10.8 Å². The monoisotopic (exact) mass is 281 g/mol. The summed E-state index contributed by atoms with van der Waals surface area (Å²) in [6.45, 7) is 9.57. The first-order valence-electron chi connectivity index (χ1n) is 7.21. The molecule has 0 aliphatic rings. The van der Waals surface area contributed by atoms with Gasteiger partial charge in [-0.1, -0.05) is 51.5 Å². The van der Waals surface area contributed by atoms with E-state index in [1.54, 1.807) is 0 Å². The minimum Gasteiger partial charge on any atom is -0.313 e. The minimum absolute atomic E-state index is 0.361. The summed E-state index contributed by atoms with van der Waals surface area (Å²) >= 11 is 0. The van der Waals surface area contributed by atoms with Crippen molar-refractivity contribution in [2.45, 2.75) is 45.9 Å². The van der Waals surface area contributed by atoms with Crippen LogP contribution in [-0.2, 0) is 16.6 Å². The Morgan fingerprint density at radius 2 is 1.95 bits per heavy atom. The molecular formula is C16H27NOS. The molecule has 0 saturated heterocycles. The summed E-state index contributed by atoms with van der Waals surface area (Å²) in [5, 5.41) is 3.47. The smallest absolute Gasteiger partial charge is 0.0488 e. The van der Waals surface area contributed by atoms with Crippen molar-refractivity contribution in [2.75, 3.05) is 12.3 Å². The lowest BCUT2D eigenvalue weighted by Gasteiger charge is -2.23. The molecule has 3 unspecified atom stereocenters. The minimum atomic E-state index is -0.798. The Labute approximate surface area is 120 Å². The standard InChI is InChI=1S/C16H27NOS/c1-5-13(3)16(17-6-2)12-19(18)11-15-10-8-7-9-14(15)4/h7-10,13,16-17H,5-6,11-12H2,1-4H3. The average molecular weight is 281 g/mol. The maximum atomic E-state index is 12.3. The molecule has 3 heteroatoms. The number of hydrogen-bond donors (Lipinski definition) is 1. The molecular weight excluding hydrogens is 254 g/mol. The number of aryl methyl sites for hydroxylation is 1. The van der Waals surface area contributed by atoms with E-state index in [-0.39, 0.29) is 0 Å². The summed E-state index contributed by atoms with van der Waals surface area (Å²) < 4.78 is 12.3. The largest absolute Gasteiger partial charge is 0.313 e. The highest BCUT2D eigenvalue weighted by Gasteiger charge is 2.18. The van der Waals surface area contributed by atoms with Crippen LogP contribution in [0.15, 0.2) is 24.3 Å². The van der Waals surface area contributed by atoms with Gasteiger partial charge in [-0.25, -0.2) is 0 Å². The number of benzene rings is 1. The zero-order valence-electron chi connectivity index (χ0n) is 12.6. The van der Waals surface area contributed by atoms with Crippen molar-refractivity contribution in [1.29, 1.82) is 0 Å². The predicted molar refractivity (Wildman–Crippen MR) is 84.8 cm³/mol. The molecule has 108 valence electrons. The molecule has 1 N–H and O–H groups in total. The molecule has 0 fully saturated rings. The van der Waals surface area contributed by atoms with Crippen LogP contribution in [0.3, 0.4) is 0 Å². The summed E-state index contributed by atoms with van der Waals surface area (Å²) in [4.78, 5) is 0. The van der Waals surface area contributed by atoms with Gasteiger partial charge in [0.25, 0.3) is 0 Å². The lowest BCUT2D eigenvalue weighted by molar-refractivity contribution is 0.401. The van der Waals surface area contributed by atoms with E-state index < -0.39 is 10.8 Å². The predicted octanol–water partition coefficient (Wildman–Crippen LogP) is 3.27. The topological polar surface area (TPSA) is 29.1 Å². The molecule has 0 bridgehead atoms. The van der Waals surface area contributed by atoms with Crippen LogP contribution >= 0.6 is 0 Å². The highest BCUT2D eigenvalue weighted by Crippen LogP contribution is 2.13. The van der Waals surface area contributed by atoms with Gasteiger partial charge in [-0.15, -0.1) is 0 Å². The molecule has 1 aromatic carbocycles. The second-order valence-corrected chi connectivity index (χ2v) is 6.73. The summed E-state index contributed by atoms with van der Waals surface area (Å²) in [7, 11) is -0.798. The van der Waals surface area contributed by atoms with Crippen LogP contribution in [-0.4, -0.2) is 22.5 Å². The molecule has 19 heavy (non-hydrogen) atoms. The first kappa shape index (κ1) is 16.4. The zero-order chi connectivity index (χ0) is 14.3. The van der Waals surface area contributed by atoms with Crippen LogP contribution in [0.2, 0.25) is 0 Å². The number of hydrogen-bond acceptors (Lipinski definition) is 2. The third-order valence-corrected chi connectivity index (χ3v) is 5.10. The van der Waals surface area contributed by atoms with E-state index in [2.05, 4.69) is 45.1 Å². The maximum absolute atomic E-state index is 12.3. The molecule has 0 spiro atoms. The molecule has 1 aromatic rings. The van der Waals surface area contributed by atoms with E-state index in [0.717, 1.165) is 18.7 Å². The Bertz CT molecular complexity index is 405. The Morgan fingerprint density at radius 3 is 2.53 bits per heavy atom. The highest BCUT2D eigenvalue weighted by atomic mass is 32.2. The van der Waals surface area contributed by atoms with Gasteiger partial charge in [0, 0.05) is 28.3 Å². The molecule has 0 aliphatic carbocycles. The van der Waals surface area contributed by atoms with E-state index in [4.69, 9.17) is 0 Å². The molecule has 2 nitrogen and oxygen atoms in total. The highest BCUT2D eigenvalue weighted by molar-refractivity contribution is 7.84. The summed E-state index contributed by atoms with van der Waals surface area (Å²) in [5.41, 5.74) is 2.44. The van der Waals surface area contributed by atoms with E-state index >= 15 is 0 Å². The average Bonchev–Trinajstić information content (AvgIpc) is 2.40. The Morgan fingerprint density at radius 1 is 1.26 bits per heavy atom. The quantitative estimate of drug-likeness (QED) is 0.792. The first-order valence-corrected chi connectivity index (χ1v) is 8.70. The van der Waals surface area contributed by atoms with Gasteiger partial charge in [0.15, 0.2) is 0 Å². The Kier molecular flexibility index (Phi) is 7.32. The van der Waals surface area contributed by atoms with Crippen LogP contribution in [0.4, 0.5) is 0 Å². The Balaban J connectivity index is 2.60. The fraction of sp³-hybridized carbons (Fsp3) is 0.625. The second kappa shape index (κ2) is 8.49. The van der Waals surface area contributed by atoms with Crippen LogP contribution in [0.5, 0.6) is 0 Å². The van der Waals surface area contributed by atoms with Gasteiger partial charge in [-0.3, -0.25) is 4.21 Å². The number of nitrogens with one attached hydrogen (secondary N) is 1. The molecule has 1 rings (SSSR count). The Hall–Kier alpha value is -0.670. The zero-order valence-corrected chi connectivity index (χ0v) is 13.4. The normalized spacial score (nSPS) is 16.0. The molecule has 3 atom stereocenters. The van der Waals surface area contributed by atoms with Gasteiger partial charge >= 0.3 is 0 Å². The number of rotatable bonds is 8. The molecule has 0 radical (unpaired) electrons. The van der Waals surface area contributed by atoms with E-state index in [0.29, 0.717) is 17.7 Å². The van der Waals surface area contributed by atoms with Crippen LogP contribution in [0.25, 0.3) is 0 Å². The molecule has 0 saturated carbocycles. The van der Waals surface area contributed by atoms with Gasteiger partial charge in [0.1, 0.15) is 0 Å². The van der Waals surface area contributed by atoms with Crippen molar-refractivity contribution < 1.29 is 4.21 Å². The van der Waals surface area contributed by atoms with Gasteiger partial charge in [-0.05, 0) is 30.5 Å². The summed E-state index contributed by atoms with van der Waals surface area (Å²) in [6, 6.07) is 8.58. The third-order valence-electron chi connectivity index (χ3n) is 3.74. The van der Waals surface area contributed by atoms with Crippen LogP contribution in [0, 0.1) is 12.8 Å². The van der Waals surface area contributed by atoms with Crippen molar-refractivity contribution in [1.82, 2.24) is 5.32 Å². The molecule has 0 aromatic heterocycles. The van der Waals surface area contributed by atoms with E-state index in [1.165, 1.54) is 11.1 Å². The molecule has 0 heterocycles. The van der Waals surface area contributed by atoms with Crippen LogP contribution in [0.1, 0.15) is 38.3 Å². The van der Waals surface area contributed by atoms with E-state index in [1.807, 2.05) is 12.1 Å². The van der Waals surface area contributed by atoms with Crippen molar-refractivity contribution in [3.63, 3.8) is 0 Å². The van der Waals surface area contributed by atoms with Crippen LogP contribution < -0.4 is 5.32 Å². The van der Waals surface area contributed by atoms with Crippen molar-refractivity contribution in [3.05, 3.63) is 35.4 Å². The molecule has 0 aliphatic heterocycles. The fourth-order valence-electron chi connectivity index (χ4n) is 2.18. The van der Waals surface area contributed by atoms with E-state index in [9.17, 15) is 4.21 Å². The van der Waals surface area contributed by atoms with Gasteiger partial charge in [-0.2, -0.15) is 0 Å². The summed E-state index contributed by atoms with van der Waals surface area (Å²) in [6.07, 6.45) is 1.12. The van der Waals surface area contributed by atoms with Gasteiger partial charge in [0.05, 0.1) is 0 Å². The lowest BCUT2D eigenvalue weighted by Crippen LogP contribution is -2.39. The molecule has 0 amide bonds. The van der Waals surface area contributed by atoms with Gasteiger partial charge < -0.3 is 5.32 Å². The van der Waals surface area contributed by atoms with Crippen molar-refractivity contribution in [2.24, 2.45) is 5.92 Å². The third kappa shape index (κ3) is 5.45.